The summed E-state index contributed by atoms with van der Waals surface area (Å²) in [5.41, 5.74) is 0. The lowest BCUT2D eigenvalue weighted by Gasteiger charge is -2.41. The van der Waals surface area contributed by atoms with Crippen molar-refractivity contribution in [2.24, 2.45) is 0 Å². The Morgan fingerprint density at radius 1 is 1.33 bits per heavy atom. The molecule has 0 aromatic carbocycles. The molecule has 2 aliphatic rings. The minimum Gasteiger partial charge on any atom is -0.391 e. The zero-order valence-corrected chi connectivity index (χ0v) is 7.36. The van der Waals surface area contributed by atoms with Crippen LogP contribution < -0.4 is 0 Å². The van der Waals surface area contributed by atoms with Gasteiger partial charge in [0.2, 0.25) is 5.91 Å². The number of aliphatic hydroxyl groups excluding tert-OH is 1. The maximum Gasteiger partial charge on any atom is 0.220 e. The monoisotopic (exact) mass is 169 g/mol. The van der Waals surface area contributed by atoms with Crippen molar-refractivity contribution in [3.05, 3.63) is 0 Å². The molecule has 0 spiro atoms. The fourth-order valence-electron chi connectivity index (χ4n) is 1.90. The number of aliphatic hydroxyl groups is 1. The molecule has 3 nitrogen and oxygen atoms in total. The first-order valence-corrected chi connectivity index (χ1v) is 4.67. The molecule has 12 heavy (non-hydrogen) atoms. The van der Waals surface area contributed by atoms with Gasteiger partial charge in [-0.25, -0.2) is 0 Å². The zero-order valence-electron chi connectivity index (χ0n) is 7.36. The van der Waals surface area contributed by atoms with Crippen molar-refractivity contribution in [2.75, 3.05) is 0 Å². The van der Waals surface area contributed by atoms with Gasteiger partial charge >= 0.3 is 0 Å². The van der Waals surface area contributed by atoms with Gasteiger partial charge in [0.15, 0.2) is 0 Å². The average molecular weight is 169 g/mol. The molecule has 3 heteroatoms. The Kier molecular flexibility index (Phi) is 1.83. The molecule has 2 saturated carbocycles. The predicted molar refractivity (Wildman–Crippen MR) is 44.6 cm³/mol. The molecule has 2 unspecified atom stereocenters. The Morgan fingerprint density at radius 2 is 2.00 bits per heavy atom. The normalized spacial score (nSPS) is 34.2. The molecule has 0 aromatic heterocycles. The van der Waals surface area contributed by atoms with E-state index in [1.54, 1.807) is 6.92 Å². The van der Waals surface area contributed by atoms with Crippen molar-refractivity contribution in [3.8, 4) is 0 Å². The first-order chi connectivity index (χ1) is 5.70. The third-order valence-electron chi connectivity index (χ3n) is 2.86. The average Bonchev–Trinajstić information content (AvgIpc) is 2.78. The Hall–Kier alpha value is -0.570. The van der Waals surface area contributed by atoms with Crippen molar-refractivity contribution in [3.63, 3.8) is 0 Å². The van der Waals surface area contributed by atoms with E-state index in [0.717, 1.165) is 25.7 Å². The van der Waals surface area contributed by atoms with Gasteiger partial charge in [-0.05, 0) is 25.7 Å². The largest absolute Gasteiger partial charge is 0.391 e. The summed E-state index contributed by atoms with van der Waals surface area (Å²) in [6.07, 6.45) is 3.85. The van der Waals surface area contributed by atoms with Crippen LogP contribution in [-0.2, 0) is 4.79 Å². The van der Waals surface area contributed by atoms with Gasteiger partial charge in [0.05, 0.1) is 12.1 Å². The van der Waals surface area contributed by atoms with Crippen molar-refractivity contribution in [2.45, 2.75) is 50.8 Å². The lowest BCUT2D eigenvalue weighted by atomic mass is 9.87. The highest BCUT2D eigenvalue weighted by atomic mass is 16.3. The van der Waals surface area contributed by atoms with E-state index in [1.807, 2.05) is 4.90 Å². The van der Waals surface area contributed by atoms with Crippen molar-refractivity contribution in [1.82, 2.24) is 4.90 Å². The summed E-state index contributed by atoms with van der Waals surface area (Å²) in [5, 5.41) is 9.41. The summed E-state index contributed by atoms with van der Waals surface area (Å²) >= 11 is 0. The van der Waals surface area contributed by atoms with Crippen LogP contribution in [0.15, 0.2) is 0 Å². The maximum absolute atomic E-state index is 11.2. The highest BCUT2D eigenvalue weighted by Gasteiger charge is 2.42. The van der Waals surface area contributed by atoms with Crippen molar-refractivity contribution >= 4 is 5.91 Å². The molecular formula is C9H15NO2. The summed E-state index contributed by atoms with van der Waals surface area (Å²) in [4.78, 5) is 13.1. The molecule has 2 aliphatic carbocycles. The zero-order chi connectivity index (χ0) is 8.72. The summed E-state index contributed by atoms with van der Waals surface area (Å²) in [5.74, 6) is 0.126. The molecule has 2 atom stereocenters. The minimum absolute atomic E-state index is 0.126. The number of carbonyl (C=O) groups is 1. The first-order valence-electron chi connectivity index (χ1n) is 4.67. The topological polar surface area (TPSA) is 40.5 Å². The van der Waals surface area contributed by atoms with Crippen LogP contribution in [0.1, 0.15) is 32.6 Å². The van der Waals surface area contributed by atoms with Crippen LogP contribution >= 0.6 is 0 Å². The summed E-state index contributed by atoms with van der Waals surface area (Å²) < 4.78 is 0. The summed E-state index contributed by atoms with van der Waals surface area (Å²) in [7, 11) is 0. The molecule has 1 N–H and O–H groups in total. The van der Waals surface area contributed by atoms with E-state index < -0.39 is 0 Å². The molecule has 2 fully saturated rings. The second kappa shape index (κ2) is 2.73. The molecule has 0 bridgehead atoms. The smallest absolute Gasteiger partial charge is 0.220 e. The number of rotatable bonds is 2. The third-order valence-corrected chi connectivity index (χ3v) is 2.86. The lowest BCUT2D eigenvalue weighted by molar-refractivity contribution is -0.139. The van der Waals surface area contributed by atoms with Gasteiger partial charge in [-0.3, -0.25) is 4.79 Å². The van der Waals surface area contributed by atoms with Gasteiger partial charge < -0.3 is 10.0 Å². The van der Waals surface area contributed by atoms with E-state index in [9.17, 15) is 9.90 Å². The van der Waals surface area contributed by atoms with E-state index in [1.165, 1.54) is 0 Å². The van der Waals surface area contributed by atoms with Crippen LogP contribution in [-0.4, -0.2) is 34.1 Å². The Labute approximate surface area is 72.4 Å². The van der Waals surface area contributed by atoms with E-state index in [-0.39, 0.29) is 18.1 Å². The van der Waals surface area contributed by atoms with Crippen LogP contribution in [0.5, 0.6) is 0 Å². The second-order valence-electron chi connectivity index (χ2n) is 3.87. The van der Waals surface area contributed by atoms with Crippen LogP contribution in [0.25, 0.3) is 0 Å². The molecule has 0 aliphatic heterocycles. The van der Waals surface area contributed by atoms with Gasteiger partial charge in [0.1, 0.15) is 0 Å². The minimum atomic E-state index is -0.255. The molecule has 2 rings (SSSR count). The second-order valence-corrected chi connectivity index (χ2v) is 3.87. The van der Waals surface area contributed by atoms with Gasteiger partial charge in [0, 0.05) is 13.0 Å². The fraction of sp³-hybridized carbons (Fsp3) is 0.889. The van der Waals surface area contributed by atoms with Gasteiger partial charge in [-0.1, -0.05) is 0 Å². The number of nitrogens with zero attached hydrogens (tertiary/aromatic N) is 1. The van der Waals surface area contributed by atoms with Gasteiger partial charge in [0.25, 0.3) is 0 Å². The van der Waals surface area contributed by atoms with E-state index in [0.29, 0.717) is 6.04 Å². The van der Waals surface area contributed by atoms with Crippen LogP contribution in [0.3, 0.4) is 0 Å². The molecule has 0 aromatic rings. The number of amides is 1. The Morgan fingerprint density at radius 3 is 2.25 bits per heavy atom. The van der Waals surface area contributed by atoms with Crippen molar-refractivity contribution < 1.29 is 9.90 Å². The quantitative estimate of drug-likeness (QED) is 0.654. The molecule has 1 amide bonds. The predicted octanol–water partition coefficient (Wildman–Crippen LogP) is 0.521. The lowest BCUT2D eigenvalue weighted by Crippen LogP contribution is -2.53. The van der Waals surface area contributed by atoms with Crippen molar-refractivity contribution in [1.29, 1.82) is 0 Å². The number of hydrogen-bond acceptors (Lipinski definition) is 2. The molecular weight excluding hydrogens is 154 g/mol. The van der Waals surface area contributed by atoms with E-state index in [4.69, 9.17) is 0 Å². The van der Waals surface area contributed by atoms with Crippen LogP contribution in [0.4, 0.5) is 0 Å². The molecule has 0 saturated heterocycles. The molecule has 0 radical (unpaired) electrons. The third kappa shape index (κ3) is 1.22. The number of carbonyl (C=O) groups excluding carboxylic acids is 1. The Balaban J connectivity index is 2.00. The SMILES string of the molecule is CC(=O)N(C1CC1)C1CCC1O. The molecule has 68 valence electrons. The van der Waals surface area contributed by atoms with E-state index >= 15 is 0 Å². The maximum atomic E-state index is 11.2. The van der Waals surface area contributed by atoms with E-state index in [2.05, 4.69) is 0 Å². The highest BCUT2D eigenvalue weighted by molar-refractivity contribution is 5.74. The summed E-state index contributed by atoms with van der Waals surface area (Å²) in [6.45, 7) is 1.60. The van der Waals surface area contributed by atoms with Gasteiger partial charge in [-0.2, -0.15) is 0 Å². The molecule has 0 heterocycles. The number of hydrogen-bond donors (Lipinski definition) is 1. The summed E-state index contributed by atoms with van der Waals surface area (Å²) in [6, 6.07) is 0.581. The Bertz CT molecular complexity index is 201. The standard InChI is InChI=1S/C9H15NO2/c1-6(11)10(7-2-3-7)8-4-5-9(8)12/h7-9,12H,2-5H2,1H3. The van der Waals surface area contributed by atoms with Crippen LogP contribution in [0, 0.1) is 0 Å². The van der Waals surface area contributed by atoms with Crippen LogP contribution in [0.2, 0.25) is 0 Å². The first kappa shape index (κ1) is 8.05. The van der Waals surface area contributed by atoms with Gasteiger partial charge in [-0.15, -0.1) is 0 Å². The highest BCUT2D eigenvalue weighted by Crippen LogP contribution is 2.35. The fourth-order valence-corrected chi connectivity index (χ4v) is 1.90.